The third-order valence-corrected chi connectivity index (χ3v) is 5.33. The van der Waals surface area contributed by atoms with Crippen molar-refractivity contribution in [2.24, 2.45) is 0 Å². The van der Waals surface area contributed by atoms with Gasteiger partial charge in [-0.1, -0.05) is 29.9 Å². The standard InChI is InChI=1S/C23H28N2O3S/c1-15-5-10-21(16(2)11-15)24-22(26)14-27-20-8-6-19(7-9-20)23(29)25-12-17(3)28-18(4)13-25/h5-11,17-18H,12-14H2,1-4H3,(H,24,26)/t17-,18+. The van der Waals surface area contributed by atoms with Crippen molar-refractivity contribution >= 4 is 28.8 Å². The van der Waals surface area contributed by atoms with E-state index in [-0.39, 0.29) is 24.7 Å². The van der Waals surface area contributed by atoms with Crippen molar-refractivity contribution in [3.8, 4) is 5.75 Å². The summed E-state index contributed by atoms with van der Waals surface area (Å²) in [4.78, 5) is 15.2. The van der Waals surface area contributed by atoms with Crippen molar-refractivity contribution in [3.05, 3.63) is 59.2 Å². The Balaban J connectivity index is 1.53. The molecule has 3 rings (SSSR count). The van der Waals surface area contributed by atoms with Gasteiger partial charge < -0.3 is 19.7 Å². The molecular weight excluding hydrogens is 384 g/mol. The minimum Gasteiger partial charge on any atom is -0.484 e. The summed E-state index contributed by atoms with van der Waals surface area (Å²) >= 11 is 5.66. The van der Waals surface area contributed by atoms with Crippen LogP contribution < -0.4 is 10.1 Å². The second kappa shape index (κ2) is 9.37. The lowest BCUT2D eigenvalue weighted by molar-refractivity contribution is -0.118. The molecule has 1 amide bonds. The van der Waals surface area contributed by atoms with E-state index < -0.39 is 0 Å². The Kier molecular flexibility index (Phi) is 6.87. The Morgan fingerprint density at radius 2 is 1.79 bits per heavy atom. The molecule has 6 heteroatoms. The predicted molar refractivity (Wildman–Crippen MR) is 120 cm³/mol. The molecule has 2 aromatic rings. The summed E-state index contributed by atoms with van der Waals surface area (Å²) in [5, 5.41) is 2.89. The quantitative estimate of drug-likeness (QED) is 0.749. The van der Waals surface area contributed by atoms with Crippen LogP contribution in [0, 0.1) is 13.8 Å². The lowest BCUT2D eigenvalue weighted by Crippen LogP contribution is -2.47. The van der Waals surface area contributed by atoms with E-state index in [1.54, 1.807) is 0 Å². The molecule has 154 valence electrons. The van der Waals surface area contributed by atoms with Crippen molar-refractivity contribution < 1.29 is 14.3 Å². The van der Waals surface area contributed by atoms with E-state index in [0.717, 1.165) is 40.5 Å². The minimum atomic E-state index is -0.187. The van der Waals surface area contributed by atoms with Gasteiger partial charge in [-0.25, -0.2) is 0 Å². The van der Waals surface area contributed by atoms with Crippen LogP contribution in [0.3, 0.4) is 0 Å². The lowest BCUT2D eigenvalue weighted by Gasteiger charge is -2.37. The first-order chi connectivity index (χ1) is 13.8. The summed E-state index contributed by atoms with van der Waals surface area (Å²) in [6.45, 7) is 9.66. The summed E-state index contributed by atoms with van der Waals surface area (Å²) in [5.41, 5.74) is 3.96. The largest absolute Gasteiger partial charge is 0.484 e. The van der Waals surface area contributed by atoms with Crippen molar-refractivity contribution in [2.75, 3.05) is 25.0 Å². The average molecular weight is 413 g/mol. The van der Waals surface area contributed by atoms with Crippen molar-refractivity contribution in [3.63, 3.8) is 0 Å². The molecule has 1 fully saturated rings. The maximum absolute atomic E-state index is 12.2. The molecular formula is C23H28N2O3S. The molecule has 0 saturated carbocycles. The first-order valence-electron chi connectivity index (χ1n) is 9.86. The summed E-state index contributed by atoms with van der Waals surface area (Å²) in [5.74, 6) is 0.448. The highest BCUT2D eigenvalue weighted by molar-refractivity contribution is 7.80. The van der Waals surface area contributed by atoms with Gasteiger partial charge in [-0.05, 0) is 63.6 Å². The number of anilines is 1. The maximum Gasteiger partial charge on any atom is 0.262 e. The lowest BCUT2D eigenvalue weighted by atomic mass is 10.1. The second-order valence-corrected chi connectivity index (χ2v) is 8.03. The molecule has 1 saturated heterocycles. The number of morpholine rings is 1. The smallest absolute Gasteiger partial charge is 0.262 e. The molecule has 1 N–H and O–H groups in total. The van der Waals surface area contributed by atoms with E-state index in [1.165, 1.54) is 0 Å². The van der Waals surface area contributed by atoms with Crippen molar-refractivity contribution in [1.82, 2.24) is 4.90 Å². The number of benzene rings is 2. The number of nitrogens with one attached hydrogen (secondary N) is 1. The van der Waals surface area contributed by atoms with E-state index >= 15 is 0 Å². The third-order valence-electron chi connectivity index (χ3n) is 4.83. The van der Waals surface area contributed by atoms with Crippen LogP contribution in [0.15, 0.2) is 42.5 Å². The molecule has 5 nitrogen and oxygen atoms in total. The normalized spacial score (nSPS) is 19.0. The molecule has 1 aliphatic heterocycles. The molecule has 0 aromatic heterocycles. The first-order valence-corrected chi connectivity index (χ1v) is 10.3. The number of nitrogens with zero attached hydrogens (tertiary/aromatic N) is 1. The Labute approximate surface area is 178 Å². The van der Waals surface area contributed by atoms with Crippen LogP contribution in [0.25, 0.3) is 0 Å². The number of amides is 1. The first kappa shape index (κ1) is 21.3. The molecule has 0 aliphatic carbocycles. The molecule has 2 atom stereocenters. The molecule has 2 aromatic carbocycles. The Morgan fingerprint density at radius 3 is 2.41 bits per heavy atom. The number of ether oxygens (including phenoxy) is 2. The van der Waals surface area contributed by atoms with Gasteiger partial charge in [0, 0.05) is 24.3 Å². The van der Waals surface area contributed by atoms with E-state index in [1.807, 2.05) is 56.3 Å². The van der Waals surface area contributed by atoms with Gasteiger partial charge in [0.25, 0.3) is 5.91 Å². The van der Waals surface area contributed by atoms with E-state index in [2.05, 4.69) is 24.1 Å². The van der Waals surface area contributed by atoms with Gasteiger partial charge in [-0.2, -0.15) is 0 Å². The average Bonchev–Trinajstić information content (AvgIpc) is 2.67. The van der Waals surface area contributed by atoms with Crippen molar-refractivity contribution in [2.45, 2.75) is 39.9 Å². The Morgan fingerprint density at radius 1 is 1.14 bits per heavy atom. The van der Waals surface area contributed by atoms with Gasteiger partial charge in [-0.3, -0.25) is 4.79 Å². The molecule has 0 unspecified atom stereocenters. The Bertz CT molecular complexity index is 872. The number of thiocarbonyl (C=S) groups is 1. The highest BCUT2D eigenvalue weighted by Crippen LogP contribution is 2.19. The highest BCUT2D eigenvalue weighted by atomic mass is 32.1. The van der Waals surface area contributed by atoms with Crippen LogP contribution in [-0.2, 0) is 9.53 Å². The number of aryl methyl sites for hydroxylation is 2. The fraction of sp³-hybridized carbons (Fsp3) is 0.391. The van der Waals surface area contributed by atoms with Gasteiger partial charge in [0.15, 0.2) is 6.61 Å². The number of carbonyl (C=O) groups is 1. The van der Waals surface area contributed by atoms with Crippen LogP contribution in [0.1, 0.15) is 30.5 Å². The number of carbonyl (C=O) groups excluding carboxylic acids is 1. The fourth-order valence-electron chi connectivity index (χ4n) is 3.51. The zero-order valence-corrected chi connectivity index (χ0v) is 18.2. The number of rotatable bonds is 5. The van der Waals surface area contributed by atoms with E-state index in [0.29, 0.717) is 5.75 Å². The Hall–Kier alpha value is -2.44. The van der Waals surface area contributed by atoms with Crippen molar-refractivity contribution in [1.29, 1.82) is 0 Å². The molecule has 1 heterocycles. The number of hydrogen-bond acceptors (Lipinski definition) is 4. The zero-order chi connectivity index (χ0) is 21.0. The topological polar surface area (TPSA) is 50.8 Å². The van der Waals surface area contributed by atoms with Crippen LogP contribution in [0.2, 0.25) is 0 Å². The monoisotopic (exact) mass is 412 g/mol. The highest BCUT2D eigenvalue weighted by Gasteiger charge is 2.24. The van der Waals surface area contributed by atoms with Gasteiger partial charge in [-0.15, -0.1) is 0 Å². The zero-order valence-electron chi connectivity index (χ0n) is 17.4. The summed E-state index contributed by atoms with van der Waals surface area (Å²) in [7, 11) is 0. The molecule has 29 heavy (non-hydrogen) atoms. The van der Waals surface area contributed by atoms with Crippen LogP contribution >= 0.6 is 12.2 Å². The maximum atomic E-state index is 12.2. The van der Waals surface area contributed by atoms with Crippen LogP contribution in [-0.4, -0.2) is 47.7 Å². The van der Waals surface area contributed by atoms with Gasteiger partial charge in [0.1, 0.15) is 10.7 Å². The summed E-state index contributed by atoms with van der Waals surface area (Å²) < 4.78 is 11.4. The number of hydrogen-bond donors (Lipinski definition) is 1. The fourth-order valence-corrected chi connectivity index (χ4v) is 3.79. The van der Waals surface area contributed by atoms with Gasteiger partial charge in [0.2, 0.25) is 0 Å². The SMILES string of the molecule is Cc1ccc(NC(=O)COc2ccc(C(=S)N3C[C@@H](C)O[C@@H](C)C3)cc2)c(C)c1. The summed E-state index contributed by atoms with van der Waals surface area (Å²) in [6.07, 6.45) is 0.324. The third kappa shape index (κ3) is 5.78. The van der Waals surface area contributed by atoms with Crippen LogP contribution in [0.5, 0.6) is 5.75 Å². The van der Waals surface area contributed by atoms with Gasteiger partial charge in [0.05, 0.1) is 12.2 Å². The molecule has 0 bridgehead atoms. The van der Waals surface area contributed by atoms with E-state index in [4.69, 9.17) is 21.7 Å². The van der Waals surface area contributed by atoms with E-state index in [9.17, 15) is 4.79 Å². The van der Waals surface area contributed by atoms with Crippen LogP contribution in [0.4, 0.5) is 5.69 Å². The van der Waals surface area contributed by atoms with Gasteiger partial charge >= 0.3 is 0 Å². The second-order valence-electron chi connectivity index (χ2n) is 7.65. The predicted octanol–water partition coefficient (Wildman–Crippen LogP) is 4.11. The molecule has 0 spiro atoms. The minimum absolute atomic E-state index is 0.0460. The molecule has 0 radical (unpaired) electrons. The summed E-state index contributed by atoms with van der Waals surface area (Å²) in [6, 6.07) is 13.5. The molecule has 1 aliphatic rings.